The van der Waals surface area contributed by atoms with Crippen molar-refractivity contribution in [2.75, 3.05) is 11.5 Å². The zero-order valence-corrected chi connectivity index (χ0v) is 19.2. The van der Waals surface area contributed by atoms with Crippen LogP contribution in [0.1, 0.15) is 24.5 Å². The number of hydrogen-bond acceptors (Lipinski definition) is 3. The van der Waals surface area contributed by atoms with E-state index >= 15 is 4.11 Å². The predicted octanol–water partition coefficient (Wildman–Crippen LogP) is 5.04. The number of carbonyl (C=O) groups excluding carboxylic acids is 1. The highest BCUT2D eigenvalue weighted by molar-refractivity contribution is 6.72. The van der Waals surface area contributed by atoms with E-state index in [-0.39, 0.29) is 18.4 Å². The van der Waals surface area contributed by atoms with Gasteiger partial charge in [-0.15, -0.1) is 0 Å². The molecule has 0 saturated carbocycles. The summed E-state index contributed by atoms with van der Waals surface area (Å²) in [4.78, 5) is 15.6. The van der Waals surface area contributed by atoms with Crippen molar-refractivity contribution < 1.29 is 18.7 Å². The summed E-state index contributed by atoms with van der Waals surface area (Å²) >= 11 is 6.32. The lowest BCUT2D eigenvalue weighted by molar-refractivity contribution is -0.146. The number of carbonyl (C=O) groups is 1. The molecule has 0 aliphatic carbocycles. The van der Waals surface area contributed by atoms with Crippen molar-refractivity contribution in [3.05, 3.63) is 64.7 Å². The van der Waals surface area contributed by atoms with Gasteiger partial charge in [0.15, 0.2) is 5.60 Å². The molecule has 1 saturated heterocycles. The molecule has 0 aromatic heterocycles. The fourth-order valence-corrected chi connectivity index (χ4v) is 8.05. The summed E-state index contributed by atoms with van der Waals surface area (Å²) < 4.78 is 21.9. The van der Waals surface area contributed by atoms with E-state index in [1.165, 1.54) is 0 Å². The second-order valence-corrected chi connectivity index (χ2v) is 13.1. The Hall–Kier alpha value is -1.73. The zero-order chi connectivity index (χ0) is 21.7. The van der Waals surface area contributed by atoms with Crippen molar-refractivity contribution in [2.45, 2.75) is 50.2 Å². The lowest BCUT2D eigenvalue weighted by atomic mass is 9.82. The molecule has 2 aromatic rings. The first-order valence-electron chi connectivity index (χ1n) is 10.3. The lowest BCUT2D eigenvalue weighted by Gasteiger charge is -2.31. The maximum absolute atomic E-state index is 15.4. The molecule has 2 aliphatic rings. The monoisotopic (exact) mass is 447 g/mol. The molecule has 0 bridgehead atoms. The van der Waals surface area contributed by atoms with Crippen LogP contribution in [-0.2, 0) is 21.7 Å². The van der Waals surface area contributed by atoms with Gasteiger partial charge in [-0.2, -0.15) is 0 Å². The summed E-state index contributed by atoms with van der Waals surface area (Å²) in [7, 11) is -3.18. The Kier molecular flexibility index (Phi) is 5.55. The maximum Gasteiger partial charge on any atom is 0.264 e. The number of hydrogen-bond donors (Lipinski definition) is 1. The molecule has 0 radical (unpaired) electrons. The van der Waals surface area contributed by atoms with Crippen molar-refractivity contribution in [1.82, 2.24) is 0 Å². The van der Waals surface area contributed by atoms with Crippen molar-refractivity contribution in [1.29, 1.82) is 0 Å². The third-order valence-corrected chi connectivity index (χ3v) is 9.21. The largest absolute Gasteiger partial charge is 0.396 e. The van der Waals surface area contributed by atoms with E-state index in [9.17, 15) is 9.90 Å². The molecular weight excluding hydrogens is 421 g/mol. The Balaban J connectivity index is 1.83. The number of amides is 1. The topological polar surface area (TPSA) is 49.8 Å². The molecule has 2 aliphatic heterocycles. The minimum absolute atomic E-state index is 0.112. The zero-order valence-electron chi connectivity index (χ0n) is 17.4. The summed E-state index contributed by atoms with van der Waals surface area (Å²) in [6, 6.07) is 15.1. The van der Waals surface area contributed by atoms with Gasteiger partial charge in [-0.25, -0.2) is 0 Å². The number of halogens is 2. The van der Waals surface area contributed by atoms with E-state index in [1.54, 1.807) is 30.1 Å². The van der Waals surface area contributed by atoms with Crippen molar-refractivity contribution >= 4 is 31.6 Å². The van der Waals surface area contributed by atoms with E-state index in [1.807, 2.05) is 43.3 Å². The second-order valence-electron chi connectivity index (χ2n) is 8.82. The van der Waals surface area contributed by atoms with Crippen molar-refractivity contribution in [2.24, 2.45) is 5.92 Å². The van der Waals surface area contributed by atoms with Gasteiger partial charge in [-0.05, 0) is 43.3 Å². The lowest BCUT2D eigenvalue weighted by Crippen LogP contribution is -2.45. The Labute approximate surface area is 182 Å². The van der Waals surface area contributed by atoms with E-state index in [4.69, 9.17) is 16.3 Å². The molecule has 1 N–H and O–H groups in total. The smallest absolute Gasteiger partial charge is 0.264 e. The average Bonchev–Trinajstić information content (AvgIpc) is 3.10. The predicted molar refractivity (Wildman–Crippen MR) is 119 cm³/mol. The first-order chi connectivity index (χ1) is 14.2. The van der Waals surface area contributed by atoms with Gasteiger partial charge in [0.1, 0.15) is 0 Å². The van der Waals surface area contributed by atoms with Gasteiger partial charge in [0.25, 0.3) is 5.91 Å². The molecule has 0 unspecified atom stereocenters. The SMILES string of the molecule is C[C@H]1[C@H]([Si](C)(C)F)[C@@H](CCO)O[C@]12C(=O)N(Cc1ccccc1)c1ccc(Cl)cc12. The summed E-state index contributed by atoms with van der Waals surface area (Å²) in [6.07, 6.45) is -0.206. The van der Waals surface area contributed by atoms with Gasteiger partial charge in [-0.3, -0.25) is 4.79 Å². The molecule has 2 aromatic carbocycles. The van der Waals surface area contributed by atoms with Crippen LogP contribution in [-0.4, -0.2) is 32.1 Å². The Morgan fingerprint density at radius 2 is 1.93 bits per heavy atom. The van der Waals surface area contributed by atoms with Crippen LogP contribution in [0.4, 0.5) is 9.80 Å². The summed E-state index contributed by atoms with van der Waals surface area (Å²) in [5.74, 6) is -0.550. The number of rotatable bonds is 5. The number of benzene rings is 2. The van der Waals surface area contributed by atoms with E-state index in [0.717, 1.165) is 11.3 Å². The molecule has 30 heavy (non-hydrogen) atoms. The van der Waals surface area contributed by atoms with Gasteiger partial charge in [-0.1, -0.05) is 48.9 Å². The fraction of sp³-hybridized carbons (Fsp3) is 0.435. The third-order valence-electron chi connectivity index (χ3n) is 6.52. The number of ether oxygens (including phenoxy) is 1. The van der Waals surface area contributed by atoms with Crippen LogP contribution in [0.2, 0.25) is 23.7 Å². The molecular formula is C23H27ClFNO3Si. The number of aliphatic hydroxyl groups is 1. The number of nitrogens with zero attached hydrogens (tertiary/aromatic N) is 1. The minimum atomic E-state index is -3.18. The number of fused-ring (bicyclic) bond motifs is 2. The average molecular weight is 448 g/mol. The van der Waals surface area contributed by atoms with Crippen LogP contribution in [0.25, 0.3) is 0 Å². The van der Waals surface area contributed by atoms with Crippen LogP contribution >= 0.6 is 11.6 Å². The third kappa shape index (κ3) is 3.30. The molecule has 160 valence electrons. The van der Waals surface area contributed by atoms with Crippen LogP contribution in [0, 0.1) is 5.92 Å². The van der Waals surface area contributed by atoms with Gasteiger partial charge in [0.2, 0.25) is 8.41 Å². The second kappa shape index (κ2) is 7.75. The van der Waals surface area contributed by atoms with Crippen LogP contribution in [0.3, 0.4) is 0 Å². The Morgan fingerprint density at radius 3 is 2.57 bits per heavy atom. The molecule has 7 heteroatoms. The van der Waals surface area contributed by atoms with E-state index < -0.39 is 25.7 Å². The van der Waals surface area contributed by atoms with E-state index in [2.05, 4.69) is 0 Å². The quantitative estimate of drug-likeness (QED) is 0.515. The van der Waals surface area contributed by atoms with Crippen LogP contribution in [0.5, 0.6) is 0 Å². The minimum Gasteiger partial charge on any atom is -0.396 e. The first-order valence-corrected chi connectivity index (χ1v) is 13.7. The van der Waals surface area contributed by atoms with Crippen LogP contribution < -0.4 is 4.90 Å². The molecule has 1 amide bonds. The summed E-state index contributed by atoms with van der Waals surface area (Å²) in [5, 5.41) is 10.1. The summed E-state index contributed by atoms with van der Waals surface area (Å²) in [5.41, 5.74) is 0.764. The highest BCUT2D eigenvalue weighted by Crippen LogP contribution is 2.60. The fourth-order valence-electron chi connectivity index (χ4n) is 5.34. The Morgan fingerprint density at radius 1 is 1.23 bits per heavy atom. The Bertz CT molecular complexity index is 951. The van der Waals surface area contributed by atoms with Crippen molar-refractivity contribution in [3.8, 4) is 0 Å². The highest BCUT2D eigenvalue weighted by Gasteiger charge is 2.66. The van der Waals surface area contributed by atoms with Gasteiger partial charge in [0.05, 0.1) is 18.3 Å². The molecule has 1 spiro atoms. The van der Waals surface area contributed by atoms with E-state index in [0.29, 0.717) is 23.6 Å². The molecule has 4 atom stereocenters. The normalized spacial score (nSPS) is 28.4. The maximum atomic E-state index is 15.4. The van der Waals surface area contributed by atoms with Gasteiger partial charge < -0.3 is 18.9 Å². The molecule has 1 fully saturated rings. The molecule has 4 rings (SSSR count). The van der Waals surface area contributed by atoms with Crippen molar-refractivity contribution in [3.63, 3.8) is 0 Å². The molecule has 2 heterocycles. The van der Waals surface area contributed by atoms with Crippen LogP contribution in [0.15, 0.2) is 48.5 Å². The summed E-state index contributed by atoms with van der Waals surface area (Å²) in [6.45, 7) is 5.50. The standard InChI is InChI=1S/C23H27ClFNO3Si/c1-15-21(30(2,3)25)20(11-12-27)29-23(15)18-13-17(24)9-10-19(18)26(22(23)28)14-16-7-5-4-6-8-16/h4-10,13,15,20-21,27H,11-12,14H2,1-3H3/t15-,20+,21-,23+/m0/s1. The first kappa shape index (κ1) is 21.5. The highest BCUT2D eigenvalue weighted by atomic mass is 35.5. The number of aliphatic hydroxyl groups excluding tert-OH is 1. The van der Waals surface area contributed by atoms with Gasteiger partial charge >= 0.3 is 0 Å². The number of anilines is 1. The molecule has 4 nitrogen and oxygen atoms in total. The van der Waals surface area contributed by atoms with Gasteiger partial charge in [0, 0.05) is 28.7 Å².